The standard InChI is InChI=1S/C9H8BrFN2O/c1-5(14)13-9(12)7-3-2-6(10)4-8(7)11/h2-4H,1H3,(H2,12,13,14). The molecule has 0 aliphatic rings. The molecule has 1 amide bonds. The molecule has 0 saturated heterocycles. The largest absolute Gasteiger partial charge is 0.383 e. The predicted octanol–water partition coefficient (Wildman–Crippen LogP) is 1.84. The van der Waals surface area contributed by atoms with Gasteiger partial charge in [0.25, 0.3) is 0 Å². The predicted molar refractivity (Wildman–Crippen MR) is 55.5 cm³/mol. The number of halogens is 2. The van der Waals surface area contributed by atoms with Gasteiger partial charge in [-0.2, -0.15) is 4.99 Å². The Kier molecular flexibility index (Phi) is 3.35. The number of hydrogen-bond donors (Lipinski definition) is 1. The second-order valence-electron chi connectivity index (χ2n) is 2.64. The minimum Gasteiger partial charge on any atom is -0.383 e. The summed E-state index contributed by atoms with van der Waals surface area (Å²) in [5.41, 5.74) is 5.55. The quantitative estimate of drug-likeness (QED) is 0.618. The smallest absolute Gasteiger partial charge is 0.244 e. The third kappa shape index (κ3) is 2.63. The van der Waals surface area contributed by atoms with Crippen molar-refractivity contribution in [1.29, 1.82) is 0 Å². The molecule has 3 nitrogen and oxygen atoms in total. The average Bonchev–Trinajstić information content (AvgIpc) is 2.01. The zero-order valence-corrected chi connectivity index (χ0v) is 9.01. The van der Waals surface area contributed by atoms with Gasteiger partial charge in [-0.15, -0.1) is 0 Å². The molecule has 0 fully saturated rings. The third-order valence-electron chi connectivity index (χ3n) is 1.48. The molecule has 5 heteroatoms. The summed E-state index contributed by atoms with van der Waals surface area (Å²) in [5, 5.41) is 0. The summed E-state index contributed by atoms with van der Waals surface area (Å²) >= 11 is 3.11. The first kappa shape index (κ1) is 10.8. The summed E-state index contributed by atoms with van der Waals surface area (Å²) in [7, 11) is 0. The van der Waals surface area contributed by atoms with Crippen LogP contribution in [-0.4, -0.2) is 11.7 Å². The fourth-order valence-corrected chi connectivity index (χ4v) is 1.26. The van der Waals surface area contributed by atoms with E-state index in [1.807, 2.05) is 0 Å². The number of nitrogens with zero attached hydrogens (tertiary/aromatic N) is 1. The van der Waals surface area contributed by atoms with Gasteiger partial charge in [0, 0.05) is 11.4 Å². The van der Waals surface area contributed by atoms with Crippen molar-refractivity contribution in [1.82, 2.24) is 0 Å². The normalized spacial score (nSPS) is 11.5. The van der Waals surface area contributed by atoms with Crippen molar-refractivity contribution < 1.29 is 9.18 Å². The molecule has 0 aliphatic carbocycles. The van der Waals surface area contributed by atoms with Crippen LogP contribution in [0.15, 0.2) is 27.7 Å². The van der Waals surface area contributed by atoms with Crippen molar-refractivity contribution in [2.75, 3.05) is 0 Å². The highest BCUT2D eigenvalue weighted by atomic mass is 79.9. The summed E-state index contributed by atoms with van der Waals surface area (Å²) < 4.78 is 13.9. The first-order valence-electron chi connectivity index (χ1n) is 3.81. The maximum atomic E-state index is 13.2. The maximum Gasteiger partial charge on any atom is 0.244 e. The summed E-state index contributed by atoms with van der Waals surface area (Å²) in [4.78, 5) is 14.0. The highest BCUT2D eigenvalue weighted by molar-refractivity contribution is 9.10. The van der Waals surface area contributed by atoms with Crippen LogP contribution in [0.4, 0.5) is 4.39 Å². The van der Waals surface area contributed by atoms with Gasteiger partial charge in [-0.3, -0.25) is 4.79 Å². The molecule has 0 radical (unpaired) electrons. The molecule has 0 spiro atoms. The molecule has 0 unspecified atom stereocenters. The molecule has 0 heterocycles. The van der Waals surface area contributed by atoms with E-state index in [0.29, 0.717) is 4.47 Å². The number of aliphatic imine (C=N–C) groups is 1. The molecule has 0 bridgehead atoms. The number of carbonyl (C=O) groups is 1. The van der Waals surface area contributed by atoms with Crippen LogP contribution in [0.1, 0.15) is 12.5 Å². The minimum absolute atomic E-state index is 0.109. The van der Waals surface area contributed by atoms with E-state index in [1.165, 1.54) is 19.1 Å². The van der Waals surface area contributed by atoms with Crippen molar-refractivity contribution >= 4 is 27.7 Å². The molecule has 14 heavy (non-hydrogen) atoms. The first-order chi connectivity index (χ1) is 6.50. The van der Waals surface area contributed by atoms with Crippen molar-refractivity contribution in [2.24, 2.45) is 10.7 Å². The third-order valence-corrected chi connectivity index (χ3v) is 1.98. The van der Waals surface area contributed by atoms with E-state index in [-0.39, 0.29) is 11.4 Å². The molecular weight excluding hydrogens is 251 g/mol. The first-order valence-corrected chi connectivity index (χ1v) is 4.60. The van der Waals surface area contributed by atoms with Crippen LogP contribution in [0.25, 0.3) is 0 Å². The summed E-state index contributed by atoms with van der Waals surface area (Å²) in [6, 6.07) is 4.35. The van der Waals surface area contributed by atoms with E-state index in [1.54, 1.807) is 6.07 Å². The SMILES string of the molecule is CC(=O)N=C(N)c1ccc(Br)cc1F. The van der Waals surface area contributed by atoms with Gasteiger partial charge in [0.1, 0.15) is 11.7 Å². The van der Waals surface area contributed by atoms with Gasteiger partial charge in [0.2, 0.25) is 5.91 Å². The Bertz CT molecular complexity index is 404. The molecule has 1 rings (SSSR count). The Labute approximate surface area is 89.0 Å². The lowest BCUT2D eigenvalue weighted by molar-refractivity contribution is -0.115. The Morgan fingerprint density at radius 3 is 2.71 bits per heavy atom. The molecule has 74 valence electrons. The van der Waals surface area contributed by atoms with Crippen LogP contribution in [-0.2, 0) is 4.79 Å². The zero-order chi connectivity index (χ0) is 10.7. The lowest BCUT2D eigenvalue weighted by Crippen LogP contribution is -2.16. The van der Waals surface area contributed by atoms with E-state index in [4.69, 9.17) is 5.73 Å². The second kappa shape index (κ2) is 4.32. The van der Waals surface area contributed by atoms with Crippen molar-refractivity contribution in [3.8, 4) is 0 Å². The monoisotopic (exact) mass is 258 g/mol. The van der Waals surface area contributed by atoms with E-state index >= 15 is 0 Å². The average molecular weight is 259 g/mol. The van der Waals surface area contributed by atoms with Crippen LogP contribution in [0.3, 0.4) is 0 Å². The van der Waals surface area contributed by atoms with Crippen LogP contribution in [0.5, 0.6) is 0 Å². The fraction of sp³-hybridized carbons (Fsp3) is 0.111. The zero-order valence-electron chi connectivity index (χ0n) is 7.42. The summed E-state index contributed by atoms with van der Waals surface area (Å²) in [5.74, 6) is -1.07. The highest BCUT2D eigenvalue weighted by Crippen LogP contribution is 2.14. The van der Waals surface area contributed by atoms with Crippen molar-refractivity contribution in [3.63, 3.8) is 0 Å². The molecular formula is C9H8BrFN2O. The van der Waals surface area contributed by atoms with Gasteiger partial charge >= 0.3 is 0 Å². The second-order valence-corrected chi connectivity index (χ2v) is 3.56. The molecule has 2 N–H and O–H groups in total. The summed E-state index contributed by atoms with van der Waals surface area (Å²) in [6.45, 7) is 1.25. The van der Waals surface area contributed by atoms with Gasteiger partial charge in [-0.25, -0.2) is 4.39 Å². The van der Waals surface area contributed by atoms with E-state index in [0.717, 1.165) is 0 Å². The number of benzene rings is 1. The van der Waals surface area contributed by atoms with Crippen LogP contribution < -0.4 is 5.73 Å². The molecule has 0 aliphatic heterocycles. The molecule has 1 aromatic rings. The van der Waals surface area contributed by atoms with Crippen molar-refractivity contribution in [3.05, 3.63) is 34.1 Å². The highest BCUT2D eigenvalue weighted by Gasteiger charge is 2.06. The minimum atomic E-state index is -0.512. The maximum absolute atomic E-state index is 13.2. The summed E-state index contributed by atoms with van der Waals surface area (Å²) in [6.07, 6.45) is 0. The number of rotatable bonds is 1. The van der Waals surface area contributed by atoms with E-state index in [2.05, 4.69) is 20.9 Å². The van der Waals surface area contributed by atoms with E-state index in [9.17, 15) is 9.18 Å². The Morgan fingerprint density at radius 1 is 1.57 bits per heavy atom. The number of amidine groups is 1. The Hall–Kier alpha value is -1.23. The van der Waals surface area contributed by atoms with Gasteiger partial charge in [-0.1, -0.05) is 15.9 Å². The van der Waals surface area contributed by atoms with Crippen LogP contribution in [0.2, 0.25) is 0 Å². The van der Waals surface area contributed by atoms with Gasteiger partial charge in [0.15, 0.2) is 0 Å². The fourth-order valence-electron chi connectivity index (χ4n) is 0.927. The Morgan fingerprint density at radius 2 is 2.21 bits per heavy atom. The van der Waals surface area contributed by atoms with Crippen LogP contribution in [0, 0.1) is 5.82 Å². The van der Waals surface area contributed by atoms with Gasteiger partial charge in [0.05, 0.1) is 5.56 Å². The van der Waals surface area contributed by atoms with E-state index < -0.39 is 11.7 Å². The molecule has 0 aromatic heterocycles. The number of hydrogen-bond acceptors (Lipinski definition) is 1. The Balaban J connectivity index is 3.14. The number of nitrogens with two attached hydrogens (primary N) is 1. The lowest BCUT2D eigenvalue weighted by Gasteiger charge is -2.01. The van der Waals surface area contributed by atoms with Crippen molar-refractivity contribution in [2.45, 2.75) is 6.92 Å². The topological polar surface area (TPSA) is 55.5 Å². The van der Waals surface area contributed by atoms with Crippen LogP contribution >= 0.6 is 15.9 Å². The number of carbonyl (C=O) groups excluding carboxylic acids is 1. The van der Waals surface area contributed by atoms with Gasteiger partial charge < -0.3 is 5.73 Å². The molecule has 0 atom stereocenters. The lowest BCUT2D eigenvalue weighted by atomic mass is 10.2. The van der Waals surface area contributed by atoms with Gasteiger partial charge in [-0.05, 0) is 18.2 Å². The number of amides is 1. The molecule has 1 aromatic carbocycles. The molecule has 0 saturated carbocycles.